The predicted octanol–water partition coefficient (Wildman–Crippen LogP) is 3.00. The fraction of sp³-hybridized carbons (Fsp3) is 0.250. The number of aromatic nitrogens is 1. The van der Waals surface area contributed by atoms with E-state index in [-0.39, 0.29) is 24.0 Å². The van der Waals surface area contributed by atoms with Gasteiger partial charge in [-0.15, -0.1) is 24.0 Å². The van der Waals surface area contributed by atoms with E-state index in [0.717, 1.165) is 17.2 Å². The minimum absolute atomic E-state index is 0. The van der Waals surface area contributed by atoms with Gasteiger partial charge in [-0.2, -0.15) is 0 Å². The molecule has 0 bridgehead atoms. The minimum atomic E-state index is 0. The van der Waals surface area contributed by atoms with Gasteiger partial charge in [0.25, 0.3) is 0 Å². The molecule has 1 aromatic carbocycles. The Balaban J connectivity index is 0.00000242. The molecule has 0 amide bonds. The highest BCUT2D eigenvalue weighted by atomic mass is 127. The fourth-order valence-electron chi connectivity index (χ4n) is 1.88. The number of anilines is 2. The number of guanidine groups is 1. The molecule has 0 radical (unpaired) electrons. The van der Waals surface area contributed by atoms with E-state index in [1.807, 2.05) is 68.4 Å². The summed E-state index contributed by atoms with van der Waals surface area (Å²) in [6.45, 7) is 2.49. The third kappa shape index (κ3) is 5.51. The Morgan fingerprint density at radius 3 is 2.64 bits per heavy atom. The van der Waals surface area contributed by atoms with Gasteiger partial charge in [0, 0.05) is 19.8 Å². The molecule has 2 aromatic rings. The molecule has 0 aliphatic carbocycles. The first-order chi connectivity index (χ1) is 10.0. The van der Waals surface area contributed by atoms with Gasteiger partial charge >= 0.3 is 0 Å². The van der Waals surface area contributed by atoms with Gasteiger partial charge in [0.15, 0.2) is 5.96 Å². The molecule has 1 aromatic heterocycles. The summed E-state index contributed by atoms with van der Waals surface area (Å²) in [6.07, 6.45) is 0. The smallest absolute Gasteiger partial charge is 0.193 e. The van der Waals surface area contributed by atoms with E-state index in [4.69, 9.17) is 5.73 Å². The van der Waals surface area contributed by atoms with Crippen LogP contribution in [0.15, 0.2) is 47.5 Å². The largest absolute Gasteiger partial charge is 0.370 e. The lowest BCUT2D eigenvalue weighted by Crippen LogP contribution is -2.22. The summed E-state index contributed by atoms with van der Waals surface area (Å²) in [6, 6.07) is 13.9. The van der Waals surface area contributed by atoms with E-state index < -0.39 is 0 Å². The molecule has 0 saturated heterocycles. The zero-order chi connectivity index (χ0) is 15.2. The van der Waals surface area contributed by atoms with Crippen LogP contribution in [0.5, 0.6) is 0 Å². The molecule has 22 heavy (non-hydrogen) atoms. The Labute approximate surface area is 148 Å². The highest BCUT2D eigenvalue weighted by Crippen LogP contribution is 2.10. The monoisotopic (exact) mass is 411 g/mol. The summed E-state index contributed by atoms with van der Waals surface area (Å²) in [5.41, 5.74) is 8.90. The molecule has 0 saturated carbocycles. The van der Waals surface area contributed by atoms with Crippen molar-refractivity contribution in [2.45, 2.75) is 13.5 Å². The first kappa shape index (κ1) is 18.2. The average molecular weight is 411 g/mol. The number of pyridine rings is 1. The number of aryl methyl sites for hydroxylation is 1. The third-order valence-corrected chi connectivity index (χ3v) is 2.95. The summed E-state index contributed by atoms with van der Waals surface area (Å²) >= 11 is 0. The van der Waals surface area contributed by atoms with E-state index >= 15 is 0 Å². The third-order valence-electron chi connectivity index (χ3n) is 2.95. The maximum absolute atomic E-state index is 5.90. The van der Waals surface area contributed by atoms with Gasteiger partial charge in [-0.05, 0) is 36.8 Å². The summed E-state index contributed by atoms with van der Waals surface area (Å²) < 4.78 is 0. The Bertz CT molecular complexity index is 640. The maximum atomic E-state index is 5.90. The Hall–Kier alpha value is -1.83. The second kappa shape index (κ2) is 8.57. The fourth-order valence-corrected chi connectivity index (χ4v) is 1.88. The maximum Gasteiger partial charge on any atom is 0.193 e. The lowest BCUT2D eigenvalue weighted by atomic mass is 10.2. The zero-order valence-corrected chi connectivity index (χ0v) is 15.4. The molecule has 0 atom stereocenters. The van der Waals surface area contributed by atoms with E-state index in [9.17, 15) is 0 Å². The quantitative estimate of drug-likeness (QED) is 0.461. The van der Waals surface area contributed by atoms with E-state index in [2.05, 4.69) is 15.3 Å². The van der Waals surface area contributed by atoms with Crippen molar-refractivity contribution in [3.05, 3.63) is 53.7 Å². The predicted molar refractivity (Wildman–Crippen MR) is 104 cm³/mol. The van der Waals surface area contributed by atoms with Crippen molar-refractivity contribution in [1.82, 2.24) is 4.98 Å². The zero-order valence-electron chi connectivity index (χ0n) is 13.1. The number of aliphatic imine (C=N–C) groups is 1. The molecule has 0 spiro atoms. The summed E-state index contributed by atoms with van der Waals surface area (Å²) in [4.78, 5) is 10.8. The van der Waals surface area contributed by atoms with Crippen molar-refractivity contribution in [2.24, 2.45) is 10.7 Å². The lowest BCUT2D eigenvalue weighted by Gasteiger charge is -2.11. The topological polar surface area (TPSA) is 66.5 Å². The van der Waals surface area contributed by atoms with E-state index in [1.165, 1.54) is 5.56 Å². The van der Waals surface area contributed by atoms with Crippen LogP contribution in [0.25, 0.3) is 0 Å². The number of nitrogens with two attached hydrogens (primary N) is 1. The van der Waals surface area contributed by atoms with Crippen LogP contribution in [0, 0.1) is 6.92 Å². The van der Waals surface area contributed by atoms with Crippen LogP contribution in [0.3, 0.4) is 0 Å². The standard InChI is InChI=1S/C16H21N5.HI/c1-12-6-4-7-13(10-12)20-16(17)18-11-14-8-5-9-15(19-14)21(2)3;/h4-10H,11H2,1-3H3,(H3,17,18,20);1H. The average Bonchev–Trinajstić information content (AvgIpc) is 2.45. The van der Waals surface area contributed by atoms with Gasteiger partial charge in [-0.1, -0.05) is 18.2 Å². The number of nitrogens with one attached hydrogen (secondary N) is 1. The molecule has 0 aliphatic heterocycles. The van der Waals surface area contributed by atoms with Crippen molar-refractivity contribution in [3.8, 4) is 0 Å². The number of nitrogens with zero attached hydrogens (tertiary/aromatic N) is 3. The van der Waals surface area contributed by atoms with Crippen molar-refractivity contribution >= 4 is 41.4 Å². The van der Waals surface area contributed by atoms with Gasteiger partial charge < -0.3 is 16.0 Å². The van der Waals surface area contributed by atoms with Crippen LogP contribution < -0.4 is 16.0 Å². The van der Waals surface area contributed by atoms with Crippen molar-refractivity contribution < 1.29 is 0 Å². The van der Waals surface area contributed by atoms with Gasteiger partial charge in [0.05, 0.1) is 12.2 Å². The number of halogens is 1. The van der Waals surface area contributed by atoms with Crippen LogP contribution in [0.1, 0.15) is 11.3 Å². The molecule has 5 nitrogen and oxygen atoms in total. The summed E-state index contributed by atoms with van der Waals surface area (Å²) in [5, 5.41) is 3.08. The first-order valence-electron chi connectivity index (χ1n) is 6.81. The number of benzene rings is 1. The SMILES string of the molecule is Cc1cccc(NC(N)=NCc2cccc(N(C)C)n2)c1.I. The van der Waals surface area contributed by atoms with Gasteiger partial charge in [0.2, 0.25) is 0 Å². The molecule has 0 aliphatic rings. The number of rotatable bonds is 4. The molecule has 118 valence electrons. The second-order valence-corrected chi connectivity index (χ2v) is 5.08. The summed E-state index contributed by atoms with van der Waals surface area (Å²) in [5.74, 6) is 1.30. The summed E-state index contributed by atoms with van der Waals surface area (Å²) in [7, 11) is 3.92. The van der Waals surface area contributed by atoms with Gasteiger partial charge in [-0.25, -0.2) is 9.98 Å². The molecular weight excluding hydrogens is 389 g/mol. The molecule has 0 unspecified atom stereocenters. The van der Waals surface area contributed by atoms with Crippen LogP contribution >= 0.6 is 24.0 Å². The Morgan fingerprint density at radius 1 is 1.23 bits per heavy atom. The minimum Gasteiger partial charge on any atom is -0.370 e. The molecule has 3 N–H and O–H groups in total. The first-order valence-corrected chi connectivity index (χ1v) is 6.81. The highest BCUT2D eigenvalue weighted by Gasteiger charge is 2.00. The molecule has 2 rings (SSSR count). The van der Waals surface area contributed by atoms with E-state index in [1.54, 1.807) is 0 Å². The molecular formula is C16H22IN5. The van der Waals surface area contributed by atoms with Crippen molar-refractivity contribution in [2.75, 3.05) is 24.3 Å². The van der Waals surface area contributed by atoms with Crippen LogP contribution in [-0.2, 0) is 6.54 Å². The van der Waals surface area contributed by atoms with E-state index in [0.29, 0.717) is 12.5 Å². The van der Waals surface area contributed by atoms with Crippen molar-refractivity contribution in [3.63, 3.8) is 0 Å². The Morgan fingerprint density at radius 2 is 1.95 bits per heavy atom. The molecule has 0 fully saturated rings. The van der Waals surface area contributed by atoms with Crippen LogP contribution in [0.4, 0.5) is 11.5 Å². The van der Waals surface area contributed by atoms with Crippen molar-refractivity contribution in [1.29, 1.82) is 0 Å². The number of hydrogen-bond donors (Lipinski definition) is 2. The van der Waals surface area contributed by atoms with Crippen LogP contribution in [-0.4, -0.2) is 25.0 Å². The lowest BCUT2D eigenvalue weighted by molar-refractivity contribution is 0.958. The molecule has 6 heteroatoms. The van der Waals surface area contributed by atoms with Gasteiger partial charge in [-0.3, -0.25) is 0 Å². The highest BCUT2D eigenvalue weighted by molar-refractivity contribution is 14.0. The normalized spacial score (nSPS) is 10.8. The molecule has 1 heterocycles. The van der Waals surface area contributed by atoms with Gasteiger partial charge in [0.1, 0.15) is 5.82 Å². The Kier molecular flexibility index (Phi) is 7.10. The number of hydrogen-bond acceptors (Lipinski definition) is 3. The van der Waals surface area contributed by atoms with Crippen LogP contribution in [0.2, 0.25) is 0 Å². The second-order valence-electron chi connectivity index (χ2n) is 5.08.